The predicted octanol–water partition coefficient (Wildman–Crippen LogP) is 3.18. The molecule has 0 aliphatic heterocycles. The number of benzene rings is 1. The molecule has 0 aromatic heterocycles. The molecule has 3 N–H and O–H groups in total. The number of carbonyl (C=O) groups excluding carboxylic acids is 1. The molecule has 0 bridgehead atoms. The molecule has 1 amide bonds. The summed E-state index contributed by atoms with van der Waals surface area (Å²) in [5, 5.41) is 2.80. The second kappa shape index (κ2) is 7.69. The summed E-state index contributed by atoms with van der Waals surface area (Å²) in [7, 11) is 0. The van der Waals surface area contributed by atoms with E-state index in [9.17, 15) is 4.79 Å². The van der Waals surface area contributed by atoms with Gasteiger partial charge in [0.2, 0.25) is 5.91 Å². The highest BCUT2D eigenvalue weighted by Crippen LogP contribution is 2.15. The van der Waals surface area contributed by atoms with Crippen LogP contribution in [0.5, 0.6) is 0 Å². The van der Waals surface area contributed by atoms with Gasteiger partial charge in [0.25, 0.3) is 0 Å². The lowest BCUT2D eigenvalue weighted by atomic mass is 9.99. The van der Waals surface area contributed by atoms with Crippen LogP contribution in [0.25, 0.3) is 0 Å². The Morgan fingerprint density at radius 2 is 1.94 bits per heavy atom. The van der Waals surface area contributed by atoms with E-state index in [2.05, 4.69) is 21.2 Å². The van der Waals surface area contributed by atoms with Crippen LogP contribution >= 0.6 is 28.3 Å². The van der Waals surface area contributed by atoms with E-state index in [1.807, 2.05) is 38.1 Å². The van der Waals surface area contributed by atoms with E-state index in [-0.39, 0.29) is 24.2 Å². The summed E-state index contributed by atoms with van der Waals surface area (Å²) in [5.41, 5.74) is 6.60. The quantitative estimate of drug-likeness (QED) is 0.895. The van der Waals surface area contributed by atoms with Crippen molar-refractivity contribution >= 4 is 39.9 Å². The maximum Gasteiger partial charge on any atom is 0.241 e. The fraction of sp³-hybridized carbons (Fsp3) is 0.417. The summed E-state index contributed by atoms with van der Waals surface area (Å²) in [6.07, 6.45) is 0.898. The van der Waals surface area contributed by atoms with Gasteiger partial charge in [0.05, 0.1) is 6.04 Å². The number of hydrogen-bond donors (Lipinski definition) is 2. The third-order valence-corrected chi connectivity index (χ3v) is 3.20. The zero-order valence-electron chi connectivity index (χ0n) is 9.94. The molecule has 0 fully saturated rings. The molecule has 0 saturated carbocycles. The van der Waals surface area contributed by atoms with Crippen molar-refractivity contribution in [2.45, 2.75) is 26.3 Å². The number of halogens is 2. The van der Waals surface area contributed by atoms with Crippen molar-refractivity contribution in [2.24, 2.45) is 11.7 Å². The molecule has 3 nitrogen and oxygen atoms in total. The number of carbonyl (C=O) groups is 1. The van der Waals surface area contributed by atoms with Crippen LogP contribution in [0.4, 0.5) is 5.69 Å². The number of rotatable bonds is 4. The maximum atomic E-state index is 11.7. The minimum Gasteiger partial charge on any atom is -0.325 e. The minimum atomic E-state index is -0.450. The van der Waals surface area contributed by atoms with Crippen molar-refractivity contribution in [2.75, 3.05) is 5.32 Å². The monoisotopic (exact) mass is 320 g/mol. The first-order chi connectivity index (χ1) is 7.54. The first-order valence-electron chi connectivity index (χ1n) is 5.36. The fourth-order valence-corrected chi connectivity index (χ4v) is 1.54. The first-order valence-corrected chi connectivity index (χ1v) is 6.16. The zero-order valence-corrected chi connectivity index (χ0v) is 12.3. The second-order valence-corrected chi connectivity index (χ2v) is 4.82. The van der Waals surface area contributed by atoms with Crippen molar-refractivity contribution < 1.29 is 4.79 Å². The lowest BCUT2D eigenvalue weighted by Crippen LogP contribution is -2.40. The Morgan fingerprint density at radius 1 is 1.41 bits per heavy atom. The smallest absolute Gasteiger partial charge is 0.241 e. The molecule has 0 spiro atoms. The van der Waals surface area contributed by atoms with Crippen LogP contribution in [0.3, 0.4) is 0 Å². The Labute approximate surface area is 117 Å². The van der Waals surface area contributed by atoms with Gasteiger partial charge in [-0.2, -0.15) is 0 Å². The van der Waals surface area contributed by atoms with Gasteiger partial charge in [-0.05, 0) is 30.2 Å². The zero-order chi connectivity index (χ0) is 12.1. The molecule has 0 saturated heterocycles. The van der Waals surface area contributed by atoms with Crippen LogP contribution in [0.15, 0.2) is 28.7 Å². The molecule has 0 heterocycles. The van der Waals surface area contributed by atoms with Crippen LogP contribution in [-0.2, 0) is 4.79 Å². The van der Waals surface area contributed by atoms with Crippen LogP contribution in [0, 0.1) is 5.92 Å². The van der Waals surface area contributed by atoms with Gasteiger partial charge in [0, 0.05) is 10.2 Å². The highest BCUT2D eigenvalue weighted by Gasteiger charge is 2.19. The largest absolute Gasteiger partial charge is 0.325 e. The predicted molar refractivity (Wildman–Crippen MR) is 77.5 cm³/mol. The third-order valence-electron chi connectivity index (χ3n) is 2.67. The van der Waals surface area contributed by atoms with Gasteiger partial charge in [-0.15, -0.1) is 12.4 Å². The van der Waals surface area contributed by atoms with Gasteiger partial charge in [0.1, 0.15) is 0 Å². The molecule has 1 aromatic rings. The maximum absolute atomic E-state index is 11.7. The van der Waals surface area contributed by atoms with Crippen LogP contribution < -0.4 is 11.1 Å². The summed E-state index contributed by atoms with van der Waals surface area (Å²) in [6.45, 7) is 4.00. The second-order valence-electron chi connectivity index (χ2n) is 3.91. The molecular weight excluding hydrogens is 304 g/mol. The average Bonchev–Trinajstić information content (AvgIpc) is 2.30. The number of nitrogens with two attached hydrogens (primary N) is 1. The van der Waals surface area contributed by atoms with Gasteiger partial charge in [-0.1, -0.05) is 36.2 Å². The first kappa shape index (κ1) is 16.4. The molecule has 5 heteroatoms. The molecule has 17 heavy (non-hydrogen) atoms. The van der Waals surface area contributed by atoms with Crippen LogP contribution in [0.2, 0.25) is 0 Å². The van der Waals surface area contributed by atoms with E-state index in [1.54, 1.807) is 0 Å². The van der Waals surface area contributed by atoms with E-state index < -0.39 is 6.04 Å². The molecule has 96 valence electrons. The number of amides is 1. The molecule has 2 unspecified atom stereocenters. The lowest BCUT2D eigenvalue weighted by molar-refractivity contribution is -0.118. The molecule has 1 rings (SSSR count). The number of anilines is 1. The van der Waals surface area contributed by atoms with Crippen LogP contribution in [0.1, 0.15) is 20.3 Å². The van der Waals surface area contributed by atoms with Gasteiger partial charge >= 0.3 is 0 Å². The average molecular weight is 322 g/mol. The van der Waals surface area contributed by atoms with Crippen molar-refractivity contribution in [3.63, 3.8) is 0 Å². The fourth-order valence-electron chi connectivity index (χ4n) is 1.27. The molecule has 1 aromatic carbocycles. The van der Waals surface area contributed by atoms with Crippen molar-refractivity contribution in [3.8, 4) is 0 Å². The third kappa shape index (κ3) is 5.06. The lowest BCUT2D eigenvalue weighted by Gasteiger charge is -2.17. The number of nitrogens with one attached hydrogen (secondary N) is 1. The van der Waals surface area contributed by atoms with E-state index in [0.29, 0.717) is 0 Å². The molecule has 2 atom stereocenters. The summed E-state index contributed by atoms with van der Waals surface area (Å²) >= 11 is 3.34. The van der Waals surface area contributed by atoms with Gasteiger partial charge in [0.15, 0.2) is 0 Å². The van der Waals surface area contributed by atoms with Gasteiger partial charge in [-0.25, -0.2) is 0 Å². The molecular formula is C12H18BrClN2O. The molecule has 0 aliphatic rings. The van der Waals surface area contributed by atoms with Crippen LogP contribution in [-0.4, -0.2) is 11.9 Å². The van der Waals surface area contributed by atoms with Gasteiger partial charge < -0.3 is 11.1 Å². The topological polar surface area (TPSA) is 55.1 Å². The summed E-state index contributed by atoms with van der Waals surface area (Å²) in [5.74, 6) is 0.0621. The summed E-state index contributed by atoms with van der Waals surface area (Å²) in [6, 6.07) is 6.99. The highest BCUT2D eigenvalue weighted by atomic mass is 79.9. The van der Waals surface area contributed by atoms with Gasteiger partial charge in [-0.3, -0.25) is 4.79 Å². The standard InChI is InChI=1S/C12H17BrN2O.ClH/c1-3-8(2)11(14)12(16)15-10-6-4-9(13)5-7-10;/h4-8,11H,3,14H2,1-2H3,(H,15,16);1H. The van der Waals surface area contributed by atoms with Crippen molar-refractivity contribution in [1.82, 2.24) is 0 Å². The van der Waals surface area contributed by atoms with E-state index in [1.165, 1.54) is 0 Å². The SMILES string of the molecule is CCC(C)C(N)C(=O)Nc1ccc(Br)cc1.Cl. The van der Waals surface area contributed by atoms with E-state index in [4.69, 9.17) is 5.73 Å². The van der Waals surface area contributed by atoms with E-state index >= 15 is 0 Å². The van der Waals surface area contributed by atoms with Crippen molar-refractivity contribution in [1.29, 1.82) is 0 Å². The summed E-state index contributed by atoms with van der Waals surface area (Å²) in [4.78, 5) is 11.7. The minimum absolute atomic E-state index is 0. The Balaban J connectivity index is 0.00000256. The molecule has 0 aliphatic carbocycles. The molecule has 0 radical (unpaired) electrons. The van der Waals surface area contributed by atoms with Crippen molar-refractivity contribution in [3.05, 3.63) is 28.7 Å². The Morgan fingerprint density at radius 3 is 2.41 bits per heavy atom. The summed E-state index contributed by atoms with van der Waals surface area (Å²) < 4.78 is 0.983. The normalized spacial score (nSPS) is 13.4. The highest BCUT2D eigenvalue weighted by molar-refractivity contribution is 9.10. The van der Waals surface area contributed by atoms with E-state index in [0.717, 1.165) is 16.6 Å². The Bertz CT molecular complexity index is 356. The Hall–Kier alpha value is -0.580. The number of hydrogen-bond acceptors (Lipinski definition) is 2. The Kier molecular flexibility index (Phi) is 7.43.